The summed E-state index contributed by atoms with van der Waals surface area (Å²) in [7, 11) is 0. The Hall–Kier alpha value is -2.58. The lowest BCUT2D eigenvalue weighted by molar-refractivity contribution is 0.0952. The van der Waals surface area contributed by atoms with E-state index in [2.05, 4.69) is 22.1 Å². The normalized spacial score (nSPS) is 9.76. The Morgan fingerprint density at radius 3 is 3.00 bits per heavy atom. The molecule has 108 valence electrons. The highest BCUT2D eigenvalue weighted by atomic mass is 16.2. The van der Waals surface area contributed by atoms with Crippen LogP contribution in [0, 0.1) is 11.8 Å². The zero-order valence-corrected chi connectivity index (χ0v) is 11.6. The van der Waals surface area contributed by atoms with Crippen molar-refractivity contribution in [1.29, 1.82) is 0 Å². The molecule has 21 heavy (non-hydrogen) atoms. The van der Waals surface area contributed by atoms with Crippen LogP contribution in [0.4, 0.5) is 0 Å². The highest BCUT2D eigenvalue weighted by Crippen LogP contribution is 2.07. The monoisotopic (exact) mass is 283 g/mol. The number of hydrogen-bond donors (Lipinski definition) is 2. The first-order valence-corrected chi connectivity index (χ1v) is 6.74. The largest absolute Gasteiger partial charge is 0.384 e. The number of aliphatic hydroxyl groups excluding tert-OH is 1. The number of nitrogens with one attached hydrogen (secondary N) is 1. The molecule has 2 rings (SSSR count). The fourth-order valence-electron chi connectivity index (χ4n) is 1.90. The van der Waals surface area contributed by atoms with E-state index in [-0.39, 0.29) is 12.5 Å². The molecule has 5 nitrogen and oxygen atoms in total. The summed E-state index contributed by atoms with van der Waals surface area (Å²) in [6.07, 6.45) is 6.20. The quantitative estimate of drug-likeness (QED) is 0.636. The number of rotatable bonds is 5. The van der Waals surface area contributed by atoms with E-state index < -0.39 is 0 Å². The van der Waals surface area contributed by atoms with Crippen LogP contribution >= 0.6 is 0 Å². The van der Waals surface area contributed by atoms with E-state index in [1.165, 1.54) is 0 Å². The highest BCUT2D eigenvalue weighted by Gasteiger charge is 2.08. The van der Waals surface area contributed by atoms with Crippen LogP contribution in [-0.4, -0.2) is 33.7 Å². The molecule has 0 unspecified atom stereocenters. The minimum Gasteiger partial charge on any atom is -0.384 e. The van der Waals surface area contributed by atoms with Crippen LogP contribution in [0.25, 0.3) is 0 Å². The van der Waals surface area contributed by atoms with Crippen LogP contribution in [0.2, 0.25) is 0 Å². The summed E-state index contributed by atoms with van der Waals surface area (Å²) >= 11 is 0. The summed E-state index contributed by atoms with van der Waals surface area (Å²) in [5.74, 6) is 5.19. The molecular weight excluding hydrogens is 266 g/mol. The maximum atomic E-state index is 12.1. The van der Waals surface area contributed by atoms with E-state index in [4.69, 9.17) is 5.11 Å². The van der Waals surface area contributed by atoms with Crippen LogP contribution < -0.4 is 5.32 Å². The van der Waals surface area contributed by atoms with Crippen molar-refractivity contribution in [2.75, 3.05) is 13.2 Å². The Bertz CT molecular complexity index is 639. The lowest BCUT2D eigenvalue weighted by atomic mass is 10.1. The molecule has 1 heterocycles. The molecule has 0 spiro atoms. The van der Waals surface area contributed by atoms with Crippen molar-refractivity contribution in [2.24, 2.45) is 0 Å². The number of nitrogens with zero attached hydrogens (tertiary/aromatic N) is 2. The predicted octanol–water partition coefficient (Wildman–Crippen LogP) is 1.05. The van der Waals surface area contributed by atoms with E-state index >= 15 is 0 Å². The number of aryl methyl sites for hydroxylation is 1. The zero-order valence-electron chi connectivity index (χ0n) is 11.6. The van der Waals surface area contributed by atoms with Crippen molar-refractivity contribution in [1.82, 2.24) is 14.9 Å². The maximum Gasteiger partial charge on any atom is 0.252 e. The summed E-state index contributed by atoms with van der Waals surface area (Å²) in [6.45, 7) is 1.17. The topological polar surface area (TPSA) is 67.2 Å². The Kier molecular flexibility index (Phi) is 5.56. The average Bonchev–Trinajstić information content (AvgIpc) is 3.03. The van der Waals surface area contributed by atoms with E-state index in [1.54, 1.807) is 30.7 Å². The molecule has 2 N–H and O–H groups in total. The summed E-state index contributed by atoms with van der Waals surface area (Å²) < 4.78 is 1.97. The van der Waals surface area contributed by atoms with E-state index in [0.717, 1.165) is 13.0 Å². The van der Waals surface area contributed by atoms with Crippen molar-refractivity contribution < 1.29 is 9.90 Å². The van der Waals surface area contributed by atoms with Gasteiger partial charge in [-0.15, -0.1) is 0 Å². The van der Waals surface area contributed by atoms with E-state index in [1.807, 2.05) is 16.8 Å². The lowest BCUT2D eigenvalue weighted by Crippen LogP contribution is -2.26. The van der Waals surface area contributed by atoms with Gasteiger partial charge in [0, 0.05) is 31.0 Å². The van der Waals surface area contributed by atoms with Gasteiger partial charge in [0.25, 0.3) is 5.91 Å². The Morgan fingerprint density at radius 1 is 1.38 bits per heavy atom. The van der Waals surface area contributed by atoms with Gasteiger partial charge in [-0.1, -0.05) is 24.0 Å². The Morgan fingerprint density at radius 2 is 2.24 bits per heavy atom. The molecule has 0 aliphatic carbocycles. The summed E-state index contributed by atoms with van der Waals surface area (Å²) in [5, 5.41) is 11.6. The third kappa shape index (κ3) is 4.48. The molecule has 0 radical (unpaired) electrons. The Labute approximate surface area is 123 Å². The molecule has 1 amide bonds. The molecule has 0 saturated carbocycles. The zero-order chi connectivity index (χ0) is 14.9. The smallest absolute Gasteiger partial charge is 0.252 e. The standard InChI is InChI=1S/C16H17N3O2/c20-12-3-6-14-5-1-2-7-15(14)16(21)18-8-4-10-19-11-9-17-13-19/h1-2,5,7,9,11,13,20H,4,8,10,12H2,(H,18,21). The second-order valence-corrected chi connectivity index (χ2v) is 4.42. The van der Waals surface area contributed by atoms with E-state index in [0.29, 0.717) is 17.7 Å². The number of imidazole rings is 1. The SMILES string of the molecule is O=C(NCCCn1ccnc1)c1ccccc1C#CCO. The minimum atomic E-state index is -0.221. The molecule has 5 heteroatoms. The van der Waals surface area contributed by atoms with Gasteiger partial charge in [0.1, 0.15) is 6.61 Å². The van der Waals surface area contributed by atoms with Crippen molar-refractivity contribution in [2.45, 2.75) is 13.0 Å². The number of aromatic nitrogens is 2. The molecular formula is C16H17N3O2. The number of aliphatic hydroxyl groups is 1. The van der Waals surface area contributed by atoms with Gasteiger partial charge >= 0.3 is 0 Å². The fourth-order valence-corrected chi connectivity index (χ4v) is 1.90. The molecule has 2 aromatic rings. The fraction of sp³-hybridized carbons (Fsp3) is 0.250. The number of benzene rings is 1. The number of hydrogen-bond acceptors (Lipinski definition) is 3. The third-order valence-electron chi connectivity index (χ3n) is 2.91. The van der Waals surface area contributed by atoms with Gasteiger partial charge in [-0.05, 0) is 18.6 Å². The molecule has 0 bridgehead atoms. The molecule has 0 saturated heterocycles. The summed E-state index contributed by atoms with van der Waals surface area (Å²) in [4.78, 5) is 16.1. The maximum absolute atomic E-state index is 12.1. The first-order valence-electron chi connectivity index (χ1n) is 6.74. The number of carbonyl (C=O) groups excluding carboxylic acids is 1. The van der Waals surface area contributed by atoms with E-state index in [9.17, 15) is 4.79 Å². The van der Waals surface area contributed by atoms with Crippen molar-refractivity contribution >= 4 is 5.91 Å². The van der Waals surface area contributed by atoms with Gasteiger partial charge in [-0.3, -0.25) is 4.79 Å². The van der Waals surface area contributed by atoms with Crippen LogP contribution in [-0.2, 0) is 6.54 Å². The second-order valence-electron chi connectivity index (χ2n) is 4.42. The molecule has 1 aromatic carbocycles. The Balaban J connectivity index is 1.88. The van der Waals surface area contributed by atoms with Crippen molar-refractivity contribution in [3.8, 4) is 11.8 Å². The summed E-state index contributed by atoms with van der Waals surface area (Å²) in [6, 6.07) is 7.11. The van der Waals surface area contributed by atoms with Crippen LogP contribution in [0.3, 0.4) is 0 Å². The molecule has 0 aliphatic rings. The van der Waals surface area contributed by atoms with Gasteiger partial charge in [-0.25, -0.2) is 4.98 Å². The predicted molar refractivity (Wildman–Crippen MR) is 79.6 cm³/mol. The van der Waals surface area contributed by atoms with Gasteiger partial charge < -0.3 is 15.0 Å². The van der Waals surface area contributed by atoms with Crippen LogP contribution in [0.15, 0.2) is 43.0 Å². The van der Waals surface area contributed by atoms with Gasteiger partial charge in [0.05, 0.1) is 11.9 Å². The second kappa shape index (κ2) is 7.88. The molecule has 0 fully saturated rings. The molecule has 1 aromatic heterocycles. The number of carbonyl (C=O) groups is 1. The molecule has 0 atom stereocenters. The summed E-state index contributed by atoms with van der Waals surface area (Å²) in [5.41, 5.74) is 1.15. The first kappa shape index (κ1) is 14.8. The lowest BCUT2D eigenvalue weighted by Gasteiger charge is -2.07. The van der Waals surface area contributed by atoms with Crippen LogP contribution in [0.5, 0.6) is 0 Å². The van der Waals surface area contributed by atoms with Gasteiger partial charge in [0.2, 0.25) is 0 Å². The molecule has 0 aliphatic heterocycles. The number of amides is 1. The van der Waals surface area contributed by atoms with Crippen molar-refractivity contribution in [3.05, 3.63) is 54.1 Å². The third-order valence-corrected chi connectivity index (χ3v) is 2.91. The van der Waals surface area contributed by atoms with Crippen LogP contribution in [0.1, 0.15) is 22.3 Å². The average molecular weight is 283 g/mol. The highest BCUT2D eigenvalue weighted by molar-refractivity contribution is 5.96. The van der Waals surface area contributed by atoms with Gasteiger partial charge in [-0.2, -0.15) is 0 Å². The van der Waals surface area contributed by atoms with Gasteiger partial charge in [0.15, 0.2) is 0 Å². The minimum absolute atomic E-state index is 0.150. The first-order chi connectivity index (χ1) is 10.3. The van der Waals surface area contributed by atoms with Crippen molar-refractivity contribution in [3.63, 3.8) is 0 Å².